The largest absolute Gasteiger partial charge is 0.493 e. The molecule has 0 radical (unpaired) electrons. The molecule has 0 bridgehead atoms. The zero-order valence-electron chi connectivity index (χ0n) is 20.0. The van der Waals surface area contributed by atoms with Crippen LogP contribution in [0.3, 0.4) is 0 Å². The van der Waals surface area contributed by atoms with Gasteiger partial charge in [-0.05, 0) is 66.9 Å². The van der Waals surface area contributed by atoms with Crippen LogP contribution in [-0.4, -0.2) is 56.2 Å². The lowest BCUT2D eigenvalue weighted by molar-refractivity contribution is 0.0238. The first kappa shape index (κ1) is 23.3. The van der Waals surface area contributed by atoms with Crippen LogP contribution < -0.4 is 9.47 Å². The number of piperazine rings is 1. The van der Waals surface area contributed by atoms with Crippen molar-refractivity contribution in [2.24, 2.45) is 0 Å². The summed E-state index contributed by atoms with van der Waals surface area (Å²) >= 11 is 0. The van der Waals surface area contributed by atoms with Crippen LogP contribution >= 0.6 is 0 Å². The topological polar surface area (TPSA) is 24.9 Å². The molecule has 1 saturated heterocycles. The summed E-state index contributed by atoms with van der Waals surface area (Å²) in [6, 6.07) is 21.4. The molecule has 1 aliphatic heterocycles. The summed E-state index contributed by atoms with van der Waals surface area (Å²) in [7, 11) is 5.55. The van der Waals surface area contributed by atoms with Gasteiger partial charge >= 0.3 is 0 Å². The molecule has 0 spiro atoms. The Morgan fingerprint density at radius 2 is 1.64 bits per heavy atom. The molecule has 1 unspecified atom stereocenters. The number of methoxy groups -OCH3 is 2. The summed E-state index contributed by atoms with van der Waals surface area (Å²) in [6.07, 6.45) is 0.917. The third-order valence-corrected chi connectivity index (χ3v) is 6.84. The van der Waals surface area contributed by atoms with Crippen molar-refractivity contribution in [3.05, 3.63) is 83.7 Å². The molecule has 4 nitrogen and oxygen atoms in total. The van der Waals surface area contributed by atoms with Gasteiger partial charge in [0.15, 0.2) is 11.5 Å². The molecule has 1 aliphatic rings. The van der Waals surface area contributed by atoms with Crippen LogP contribution in [0.25, 0.3) is 11.1 Å². The van der Waals surface area contributed by atoms with Gasteiger partial charge in [-0.2, -0.15) is 0 Å². The average Bonchev–Trinajstić information content (AvgIpc) is 2.82. The molecule has 5 heteroatoms. The first-order valence-electron chi connectivity index (χ1n) is 11.4. The highest BCUT2D eigenvalue weighted by Gasteiger charge is 2.36. The second-order valence-electron chi connectivity index (χ2n) is 9.16. The number of rotatable bonds is 7. The van der Waals surface area contributed by atoms with E-state index in [1.54, 1.807) is 14.2 Å². The number of ether oxygens (including phenoxy) is 2. The quantitative estimate of drug-likeness (QED) is 0.492. The minimum absolute atomic E-state index is 0.0112. The van der Waals surface area contributed by atoms with Gasteiger partial charge in [0.2, 0.25) is 0 Å². The summed E-state index contributed by atoms with van der Waals surface area (Å²) in [5.74, 6) is 1.31. The number of benzene rings is 3. The first-order valence-corrected chi connectivity index (χ1v) is 11.4. The lowest BCUT2D eigenvalue weighted by Crippen LogP contribution is -2.60. The Balaban J connectivity index is 1.53. The molecule has 4 rings (SSSR count). The van der Waals surface area contributed by atoms with E-state index in [0.29, 0.717) is 0 Å². The fraction of sp³-hybridized carbons (Fsp3) is 0.357. The molecule has 0 saturated carbocycles. The Hall–Kier alpha value is -2.89. The fourth-order valence-corrected chi connectivity index (χ4v) is 4.81. The van der Waals surface area contributed by atoms with Gasteiger partial charge in [-0.1, -0.05) is 42.5 Å². The predicted molar refractivity (Wildman–Crippen MR) is 131 cm³/mol. The predicted octanol–water partition coefficient (Wildman–Crippen LogP) is 5.26. The molecule has 174 valence electrons. The molecule has 1 atom stereocenters. The lowest BCUT2D eigenvalue weighted by Gasteiger charge is -2.48. The Bertz CT molecular complexity index is 1090. The van der Waals surface area contributed by atoms with E-state index < -0.39 is 0 Å². The van der Waals surface area contributed by atoms with Crippen molar-refractivity contribution in [2.75, 3.05) is 40.9 Å². The van der Waals surface area contributed by atoms with E-state index >= 15 is 0 Å². The average molecular weight is 449 g/mol. The fourth-order valence-electron chi connectivity index (χ4n) is 4.81. The molecule has 1 fully saturated rings. The number of halogens is 1. The van der Waals surface area contributed by atoms with Gasteiger partial charge in [-0.3, -0.25) is 9.80 Å². The van der Waals surface area contributed by atoms with Crippen LogP contribution in [0.2, 0.25) is 0 Å². The van der Waals surface area contributed by atoms with Crippen molar-refractivity contribution in [1.29, 1.82) is 0 Å². The minimum atomic E-state index is -0.207. The SMILES string of the molecule is COc1ccc(CC2(C)CN(Cc3ccccc3-c3ccc(F)cc3)CCN2C)cc1OC. The number of hydrogen-bond donors (Lipinski definition) is 0. The molecule has 33 heavy (non-hydrogen) atoms. The summed E-state index contributed by atoms with van der Waals surface area (Å²) in [5, 5.41) is 0. The summed E-state index contributed by atoms with van der Waals surface area (Å²) in [4.78, 5) is 5.00. The van der Waals surface area contributed by atoms with Gasteiger partial charge in [0, 0.05) is 31.7 Å². The highest BCUT2D eigenvalue weighted by Crippen LogP contribution is 2.32. The number of hydrogen-bond acceptors (Lipinski definition) is 4. The van der Waals surface area contributed by atoms with Crippen molar-refractivity contribution in [1.82, 2.24) is 9.80 Å². The van der Waals surface area contributed by atoms with Gasteiger partial charge in [-0.25, -0.2) is 4.39 Å². The van der Waals surface area contributed by atoms with Crippen LogP contribution in [-0.2, 0) is 13.0 Å². The second-order valence-corrected chi connectivity index (χ2v) is 9.16. The van der Waals surface area contributed by atoms with Gasteiger partial charge in [0.05, 0.1) is 14.2 Å². The molecule has 3 aromatic carbocycles. The van der Waals surface area contributed by atoms with E-state index in [9.17, 15) is 4.39 Å². The van der Waals surface area contributed by atoms with Gasteiger partial charge in [0.1, 0.15) is 5.82 Å². The molecule has 0 N–H and O–H groups in total. The van der Waals surface area contributed by atoms with Crippen LogP contribution in [0.1, 0.15) is 18.1 Å². The Labute approximate surface area is 196 Å². The third-order valence-electron chi connectivity index (χ3n) is 6.84. The Morgan fingerprint density at radius 1 is 0.909 bits per heavy atom. The number of nitrogens with zero attached hydrogens (tertiary/aromatic N) is 2. The normalized spacial score (nSPS) is 19.4. The van der Waals surface area contributed by atoms with Crippen LogP contribution in [0.5, 0.6) is 11.5 Å². The second kappa shape index (κ2) is 9.94. The van der Waals surface area contributed by atoms with Crippen molar-refractivity contribution in [2.45, 2.75) is 25.4 Å². The standard InChI is InChI=1S/C28H33FN2O2/c1-28(18-21-9-14-26(32-3)27(17-21)33-4)20-31(16-15-30(28)2)19-23-7-5-6-8-25(23)22-10-12-24(29)13-11-22/h5-14,17H,15-16,18-20H2,1-4H3. The van der Waals surface area contributed by atoms with E-state index in [1.807, 2.05) is 24.3 Å². The highest BCUT2D eigenvalue weighted by molar-refractivity contribution is 5.67. The summed E-state index contributed by atoms with van der Waals surface area (Å²) in [6.45, 7) is 6.17. The summed E-state index contributed by atoms with van der Waals surface area (Å²) in [5.41, 5.74) is 4.70. The van der Waals surface area contributed by atoms with E-state index in [2.05, 4.69) is 54.1 Å². The van der Waals surface area contributed by atoms with Crippen molar-refractivity contribution in [3.8, 4) is 22.6 Å². The molecule has 0 amide bonds. The first-order chi connectivity index (χ1) is 15.9. The monoisotopic (exact) mass is 448 g/mol. The molecular formula is C28H33FN2O2. The van der Waals surface area contributed by atoms with Gasteiger partial charge in [0.25, 0.3) is 0 Å². The van der Waals surface area contributed by atoms with Crippen LogP contribution in [0.4, 0.5) is 4.39 Å². The maximum atomic E-state index is 13.4. The molecule has 1 heterocycles. The highest BCUT2D eigenvalue weighted by atomic mass is 19.1. The van der Waals surface area contributed by atoms with Crippen molar-refractivity contribution >= 4 is 0 Å². The zero-order chi connectivity index (χ0) is 23.4. The van der Waals surface area contributed by atoms with E-state index in [1.165, 1.54) is 23.3 Å². The maximum absolute atomic E-state index is 13.4. The summed E-state index contributed by atoms with van der Waals surface area (Å²) < 4.78 is 24.4. The van der Waals surface area contributed by atoms with E-state index in [0.717, 1.165) is 55.2 Å². The molecular weight excluding hydrogens is 415 g/mol. The minimum Gasteiger partial charge on any atom is -0.493 e. The van der Waals surface area contributed by atoms with E-state index in [-0.39, 0.29) is 11.4 Å². The zero-order valence-corrected chi connectivity index (χ0v) is 20.0. The Kier molecular flexibility index (Phi) is 7.01. The van der Waals surface area contributed by atoms with Gasteiger partial charge in [-0.15, -0.1) is 0 Å². The van der Waals surface area contributed by atoms with Crippen molar-refractivity contribution < 1.29 is 13.9 Å². The lowest BCUT2D eigenvalue weighted by atomic mass is 9.88. The molecule has 3 aromatic rings. The third kappa shape index (κ3) is 5.21. The van der Waals surface area contributed by atoms with Crippen molar-refractivity contribution in [3.63, 3.8) is 0 Å². The smallest absolute Gasteiger partial charge is 0.160 e. The van der Waals surface area contributed by atoms with Gasteiger partial charge < -0.3 is 9.47 Å². The molecule has 0 aliphatic carbocycles. The Morgan fingerprint density at radius 3 is 2.36 bits per heavy atom. The molecule has 0 aromatic heterocycles. The maximum Gasteiger partial charge on any atom is 0.160 e. The van der Waals surface area contributed by atoms with Crippen LogP contribution in [0.15, 0.2) is 66.7 Å². The number of likely N-dealkylation sites (N-methyl/N-ethyl adjacent to an activating group) is 1. The van der Waals surface area contributed by atoms with E-state index in [4.69, 9.17) is 9.47 Å². The van der Waals surface area contributed by atoms with Crippen LogP contribution in [0, 0.1) is 5.82 Å².